The Morgan fingerprint density at radius 1 is 1.54 bits per heavy atom. The van der Waals surface area contributed by atoms with Crippen LogP contribution in [0.15, 0.2) is 12.5 Å². The van der Waals surface area contributed by atoms with Gasteiger partial charge in [0.15, 0.2) is 17.1 Å². The van der Waals surface area contributed by atoms with E-state index in [9.17, 15) is 4.79 Å². The SMILES string of the molecule is CC(=O)c1nc(C)cn2ncnc12. The molecule has 13 heavy (non-hydrogen) atoms. The Balaban J connectivity index is 2.84. The standard InChI is InChI=1S/C8H8N4O/c1-5-3-12-8(9-4-10-12)7(11-5)6(2)13/h3-4H,1-2H3. The van der Waals surface area contributed by atoms with Gasteiger partial charge in [-0.3, -0.25) is 4.79 Å². The van der Waals surface area contributed by atoms with Crippen LogP contribution in [0.4, 0.5) is 0 Å². The van der Waals surface area contributed by atoms with E-state index in [4.69, 9.17) is 0 Å². The van der Waals surface area contributed by atoms with Crippen molar-refractivity contribution in [2.24, 2.45) is 0 Å². The van der Waals surface area contributed by atoms with Crippen LogP contribution in [-0.2, 0) is 0 Å². The first-order chi connectivity index (χ1) is 6.18. The molecule has 66 valence electrons. The normalized spacial score (nSPS) is 10.6. The first kappa shape index (κ1) is 7.85. The van der Waals surface area contributed by atoms with Gasteiger partial charge in [-0.15, -0.1) is 0 Å². The molecule has 0 saturated heterocycles. The van der Waals surface area contributed by atoms with Gasteiger partial charge in [-0.05, 0) is 6.92 Å². The lowest BCUT2D eigenvalue weighted by Gasteiger charge is -1.98. The average molecular weight is 176 g/mol. The van der Waals surface area contributed by atoms with Crippen molar-refractivity contribution in [3.63, 3.8) is 0 Å². The molecule has 0 unspecified atom stereocenters. The smallest absolute Gasteiger partial charge is 0.184 e. The molecule has 2 heterocycles. The monoisotopic (exact) mass is 176 g/mol. The highest BCUT2D eigenvalue weighted by Gasteiger charge is 2.10. The molecule has 5 nitrogen and oxygen atoms in total. The van der Waals surface area contributed by atoms with Crippen molar-refractivity contribution in [2.75, 3.05) is 0 Å². The maximum Gasteiger partial charge on any atom is 0.184 e. The molecule has 2 aromatic heterocycles. The highest BCUT2D eigenvalue weighted by Crippen LogP contribution is 2.06. The van der Waals surface area contributed by atoms with E-state index in [1.54, 1.807) is 10.7 Å². The number of carbonyl (C=O) groups excluding carboxylic acids is 1. The van der Waals surface area contributed by atoms with E-state index in [1.165, 1.54) is 13.3 Å². The van der Waals surface area contributed by atoms with Gasteiger partial charge >= 0.3 is 0 Å². The summed E-state index contributed by atoms with van der Waals surface area (Å²) in [7, 11) is 0. The van der Waals surface area contributed by atoms with Crippen molar-refractivity contribution >= 4 is 11.4 Å². The van der Waals surface area contributed by atoms with Gasteiger partial charge in [0.25, 0.3) is 0 Å². The molecule has 0 saturated carbocycles. The van der Waals surface area contributed by atoms with Crippen LogP contribution in [0, 0.1) is 6.92 Å². The first-order valence-electron chi connectivity index (χ1n) is 3.86. The molecule has 0 aromatic carbocycles. The molecule has 0 radical (unpaired) electrons. The molecule has 0 aliphatic rings. The van der Waals surface area contributed by atoms with E-state index in [2.05, 4.69) is 15.1 Å². The van der Waals surface area contributed by atoms with Gasteiger partial charge in [-0.25, -0.2) is 14.5 Å². The topological polar surface area (TPSA) is 60.2 Å². The Labute approximate surface area is 74.4 Å². The highest BCUT2D eigenvalue weighted by molar-refractivity contribution is 5.97. The summed E-state index contributed by atoms with van der Waals surface area (Å²) < 4.78 is 1.55. The predicted molar refractivity (Wildman–Crippen MR) is 45.5 cm³/mol. The maximum atomic E-state index is 11.2. The Morgan fingerprint density at radius 2 is 2.31 bits per heavy atom. The Kier molecular flexibility index (Phi) is 1.58. The second kappa shape index (κ2) is 2.62. The number of aryl methyl sites for hydroxylation is 1. The van der Waals surface area contributed by atoms with Crippen LogP contribution in [0.5, 0.6) is 0 Å². The van der Waals surface area contributed by atoms with Gasteiger partial charge in [0.05, 0.1) is 11.9 Å². The highest BCUT2D eigenvalue weighted by atomic mass is 16.1. The van der Waals surface area contributed by atoms with Gasteiger partial charge in [0.1, 0.15) is 6.33 Å². The molecule has 0 atom stereocenters. The quantitative estimate of drug-likeness (QED) is 0.598. The third kappa shape index (κ3) is 1.18. The molecular weight excluding hydrogens is 168 g/mol. The van der Waals surface area contributed by atoms with Gasteiger partial charge < -0.3 is 0 Å². The third-order valence-electron chi connectivity index (χ3n) is 1.72. The second-order valence-electron chi connectivity index (χ2n) is 2.82. The maximum absolute atomic E-state index is 11.2. The van der Waals surface area contributed by atoms with Crippen molar-refractivity contribution < 1.29 is 4.79 Å². The van der Waals surface area contributed by atoms with Crippen molar-refractivity contribution in [2.45, 2.75) is 13.8 Å². The van der Waals surface area contributed by atoms with Gasteiger partial charge in [0, 0.05) is 6.92 Å². The van der Waals surface area contributed by atoms with E-state index in [0.29, 0.717) is 11.3 Å². The van der Waals surface area contributed by atoms with Gasteiger partial charge in [-0.1, -0.05) is 0 Å². The number of Topliss-reactive ketones (excluding diaryl/α,β-unsaturated/α-hetero) is 1. The number of nitrogens with zero attached hydrogens (tertiary/aromatic N) is 4. The largest absolute Gasteiger partial charge is 0.293 e. The van der Waals surface area contributed by atoms with Gasteiger partial charge in [-0.2, -0.15) is 5.10 Å². The molecule has 0 spiro atoms. The summed E-state index contributed by atoms with van der Waals surface area (Å²) in [5, 5.41) is 3.94. The van der Waals surface area contributed by atoms with E-state index in [0.717, 1.165) is 5.69 Å². The lowest BCUT2D eigenvalue weighted by Crippen LogP contribution is -2.04. The molecule has 5 heteroatoms. The molecule has 0 bridgehead atoms. The minimum Gasteiger partial charge on any atom is -0.293 e. The summed E-state index contributed by atoms with van der Waals surface area (Å²) >= 11 is 0. The summed E-state index contributed by atoms with van der Waals surface area (Å²) in [6, 6.07) is 0. The fraction of sp³-hybridized carbons (Fsp3) is 0.250. The van der Waals surface area contributed by atoms with E-state index >= 15 is 0 Å². The van der Waals surface area contributed by atoms with E-state index < -0.39 is 0 Å². The second-order valence-corrected chi connectivity index (χ2v) is 2.82. The number of hydrogen-bond acceptors (Lipinski definition) is 4. The lowest BCUT2D eigenvalue weighted by atomic mass is 10.3. The molecule has 2 rings (SSSR count). The summed E-state index contributed by atoms with van der Waals surface area (Å²) in [6.45, 7) is 3.28. The predicted octanol–water partition coefficient (Wildman–Crippen LogP) is 0.635. The van der Waals surface area contributed by atoms with E-state index in [-0.39, 0.29) is 5.78 Å². The summed E-state index contributed by atoms with van der Waals surface area (Å²) in [5.41, 5.74) is 1.64. The summed E-state index contributed by atoms with van der Waals surface area (Å²) in [4.78, 5) is 19.2. The zero-order valence-electron chi connectivity index (χ0n) is 7.35. The van der Waals surface area contributed by atoms with Crippen molar-refractivity contribution in [3.05, 3.63) is 23.9 Å². The van der Waals surface area contributed by atoms with Crippen molar-refractivity contribution in [1.29, 1.82) is 0 Å². The fourth-order valence-corrected chi connectivity index (χ4v) is 1.18. The molecule has 0 aliphatic carbocycles. The van der Waals surface area contributed by atoms with Crippen molar-refractivity contribution in [3.8, 4) is 0 Å². The average Bonchev–Trinajstić information content (AvgIpc) is 2.49. The van der Waals surface area contributed by atoms with Crippen LogP contribution in [-0.4, -0.2) is 25.4 Å². The Hall–Kier alpha value is -1.78. The first-order valence-corrected chi connectivity index (χ1v) is 3.86. The number of aromatic nitrogens is 4. The molecule has 2 aromatic rings. The summed E-state index contributed by atoms with van der Waals surface area (Å²) in [5.74, 6) is -0.0956. The summed E-state index contributed by atoms with van der Waals surface area (Å²) in [6.07, 6.45) is 3.14. The number of fused-ring (bicyclic) bond motifs is 1. The van der Waals surface area contributed by atoms with Crippen LogP contribution in [0.2, 0.25) is 0 Å². The van der Waals surface area contributed by atoms with Crippen LogP contribution >= 0.6 is 0 Å². The zero-order valence-corrected chi connectivity index (χ0v) is 7.35. The third-order valence-corrected chi connectivity index (χ3v) is 1.72. The van der Waals surface area contributed by atoms with Crippen LogP contribution in [0.3, 0.4) is 0 Å². The zero-order chi connectivity index (χ0) is 9.42. The molecule has 0 fully saturated rings. The Bertz CT molecular complexity index is 474. The van der Waals surface area contributed by atoms with E-state index in [1.807, 2.05) is 6.92 Å². The van der Waals surface area contributed by atoms with Gasteiger partial charge in [0.2, 0.25) is 0 Å². The Morgan fingerprint density at radius 3 is 3.00 bits per heavy atom. The number of hydrogen-bond donors (Lipinski definition) is 0. The molecular formula is C8H8N4O. The lowest BCUT2D eigenvalue weighted by molar-refractivity contribution is 0.101. The van der Waals surface area contributed by atoms with Crippen molar-refractivity contribution in [1.82, 2.24) is 19.6 Å². The minimum atomic E-state index is -0.0956. The molecule has 0 amide bonds. The number of rotatable bonds is 1. The molecule has 0 N–H and O–H groups in total. The molecule has 0 aliphatic heterocycles. The number of ketones is 1. The minimum absolute atomic E-state index is 0.0956. The number of carbonyl (C=O) groups is 1. The van der Waals surface area contributed by atoms with Crippen LogP contribution in [0.25, 0.3) is 5.65 Å². The fourth-order valence-electron chi connectivity index (χ4n) is 1.18. The van der Waals surface area contributed by atoms with Crippen LogP contribution in [0.1, 0.15) is 23.1 Å². The van der Waals surface area contributed by atoms with Crippen LogP contribution < -0.4 is 0 Å².